The Labute approximate surface area is 181 Å². The molecule has 0 saturated carbocycles. The van der Waals surface area contributed by atoms with Gasteiger partial charge < -0.3 is 19.3 Å². The van der Waals surface area contributed by atoms with Crippen molar-refractivity contribution in [2.45, 2.75) is 25.8 Å². The fourth-order valence-corrected chi connectivity index (χ4v) is 4.00. The highest BCUT2D eigenvalue weighted by Gasteiger charge is 2.30. The van der Waals surface area contributed by atoms with Crippen molar-refractivity contribution in [3.8, 4) is 5.75 Å². The first-order chi connectivity index (χ1) is 15.0. The number of hydrogen-bond acceptors (Lipinski definition) is 4. The number of halogens is 1. The first kappa shape index (κ1) is 21.3. The molecule has 164 valence electrons. The van der Waals surface area contributed by atoms with Crippen LogP contribution in [0.15, 0.2) is 42.5 Å². The SMILES string of the molecule is Cc1ccc(C(=O)N2CCC[C@H]2COc2ccc(C(=O)N3CCOCC3)cc2)cc1F. The zero-order chi connectivity index (χ0) is 21.8. The van der Waals surface area contributed by atoms with Crippen molar-refractivity contribution in [2.75, 3.05) is 39.5 Å². The van der Waals surface area contributed by atoms with Crippen LogP contribution in [0.25, 0.3) is 0 Å². The van der Waals surface area contributed by atoms with E-state index in [0.717, 1.165) is 12.8 Å². The van der Waals surface area contributed by atoms with Crippen LogP contribution in [0.2, 0.25) is 0 Å². The van der Waals surface area contributed by atoms with Gasteiger partial charge in [0.2, 0.25) is 0 Å². The van der Waals surface area contributed by atoms with E-state index in [1.807, 2.05) is 0 Å². The number of rotatable bonds is 5. The van der Waals surface area contributed by atoms with Gasteiger partial charge in [0.25, 0.3) is 11.8 Å². The van der Waals surface area contributed by atoms with Gasteiger partial charge >= 0.3 is 0 Å². The Morgan fingerprint density at radius 1 is 1.03 bits per heavy atom. The fraction of sp³-hybridized carbons (Fsp3) is 0.417. The molecule has 0 bridgehead atoms. The first-order valence-electron chi connectivity index (χ1n) is 10.7. The maximum atomic E-state index is 13.9. The van der Waals surface area contributed by atoms with Crippen LogP contribution >= 0.6 is 0 Å². The number of nitrogens with zero attached hydrogens (tertiary/aromatic N) is 2. The average Bonchev–Trinajstić information content (AvgIpc) is 3.28. The Bertz CT molecular complexity index is 941. The highest BCUT2D eigenvalue weighted by Crippen LogP contribution is 2.23. The lowest BCUT2D eigenvalue weighted by Crippen LogP contribution is -2.40. The summed E-state index contributed by atoms with van der Waals surface area (Å²) in [5, 5.41) is 0. The van der Waals surface area contributed by atoms with Crippen molar-refractivity contribution in [1.82, 2.24) is 9.80 Å². The lowest BCUT2D eigenvalue weighted by Gasteiger charge is -2.27. The molecule has 31 heavy (non-hydrogen) atoms. The zero-order valence-electron chi connectivity index (χ0n) is 17.7. The Hall–Kier alpha value is -2.93. The topological polar surface area (TPSA) is 59.1 Å². The van der Waals surface area contributed by atoms with Gasteiger partial charge in [-0.2, -0.15) is 0 Å². The molecule has 0 unspecified atom stereocenters. The normalized spacial score (nSPS) is 18.8. The summed E-state index contributed by atoms with van der Waals surface area (Å²) in [4.78, 5) is 28.9. The molecule has 2 amide bonds. The van der Waals surface area contributed by atoms with E-state index in [1.165, 1.54) is 6.07 Å². The fourth-order valence-electron chi connectivity index (χ4n) is 4.00. The zero-order valence-corrected chi connectivity index (χ0v) is 17.7. The van der Waals surface area contributed by atoms with E-state index in [0.29, 0.717) is 61.9 Å². The Morgan fingerprint density at radius 2 is 1.74 bits per heavy atom. The average molecular weight is 426 g/mol. The van der Waals surface area contributed by atoms with Gasteiger partial charge in [0.15, 0.2) is 0 Å². The minimum Gasteiger partial charge on any atom is -0.491 e. The summed E-state index contributed by atoms with van der Waals surface area (Å²) in [5.74, 6) is 0.105. The number of morpholine rings is 1. The molecule has 2 aromatic carbocycles. The minimum atomic E-state index is -0.371. The first-order valence-corrected chi connectivity index (χ1v) is 10.7. The monoisotopic (exact) mass is 426 g/mol. The van der Waals surface area contributed by atoms with Crippen molar-refractivity contribution >= 4 is 11.8 Å². The molecule has 2 aliphatic heterocycles. The molecular formula is C24H27FN2O4. The van der Waals surface area contributed by atoms with Gasteiger partial charge in [-0.25, -0.2) is 4.39 Å². The summed E-state index contributed by atoms with van der Waals surface area (Å²) in [5.41, 5.74) is 1.50. The minimum absolute atomic E-state index is 0.00672. The van der Waals surface area contributed by atoms with Gasteiger partial charge in [0.05, 0.1) is 19.3 Å². The summed E-state index contributed by atoms with van der Waals surface area (Å²) in [6.45, 7) is 5.01. The number of ether oxygens (including phenoxy) is 2. The maximum absolute atomic E-state index is 13.9. The quantitative estimate of drug-likeness (QED) is 0.736. The second kappa shape index (κ2) is 9.47. The smallest absolute Gasteiger partial charge is 0.254 e. The van der Waals surface area contributed by atoms with Crippen LogP contribution < -0.4 is 4.74 Å². The Kier molecular flexibility index (Phi) is 6.51. The molecule has 7 heteroatoms. The third-order valence-corrected chi connectivity index (χ3v) is 5.90. The van der Waals surface area contributed by atoms with E-state index in [9.17, 15) is 14.0 Å². The van der Waals surface area contributed by atoms with Gasteiger partial charge in [-0.1, -0.05) is 6.07 Å². The predicted molar refractivity (Wildman–Crippen MR) is 114 cm³/mol. The lowest BCUT2D eigenvalue weighted by molar-refractivity contribution is 0.0303. The van der Waals surface area contributed by atoms with Gasteiger partial charge in [0, 0.05) is 30.8 Å². The van der Waals surface area contributed by atoms with Crippen molar-refractivity contribution in [2.24, 2.45) is 0 Å². The second-order valence-electron chi connectivity index (χ2n) is 8.00. The molecule has 4 rings (SSSR count). The van der Waals surface area contributed by atoms with E-state index < -0.39 is 0 Å². The van der Waals surface area contributed by atoms with E-state index in [4.69, 9.17) is 9.47 Å². The van der Waals surface area contributed by atoms with Gasteiger partial charge in [-0.3, -0.25) is 9.59 Å². The van der Waals surface area contributed by atoms with E-state index in [-0.39, 0.29) is 23.7 Å². The molecule has 0 spiro atoms. The van der Waals surface area contributed by atoms with Crippen LogP contribution in [0.3, 0.4) is 0 Å². The molecule has 0 aliphatic carbocycles. The van der Waals surface area contributed by atoms with Crippen LogP contribution in [0, 0.1) is 12.7 Å². The summed E-state index contributed by atoms with van der Waals surface area (Å²) < 4.78 is 25.1. The third kappa shape index (κ3) is 4.88. The molecule has 2 saturated heterocycles. The van der Waals surface area contributed by atoms with E-state index in [2.05, 4.69) is 0 Å². The number of benzene rings is 2. The molecule has 2 heterocycles. The Balaban J connectivity index is 1.35. The third-order valence-electron chi connectivity index (χ3n) is 5.90. The number of carbonyl (C=O) groups is 2. The molecule has 2 aliphatic rings. The van der Waals surface area contributed by atoms with Crippen molar-refractivity contribution in [3.05, 3.63) is 65.0 Å². The number of likely N-dealkylation sites (tertiary alicyclic amines) is 1. The predicted octanol–water partition coefficient (Wildman–Crippen LogP) is 3.29. The number of amides is 2. The molecule has 0 aromatic heterocycles. The molecule has 0 N–H and O–H groups in total. The molecule has 2 fully saturated rings. The van der Waals surface area contributed by atoms with Gasteiger partial charge in [-0.15, -0.1) is 0 Å². The van der Waals surface area contributed by atoms with Crippen LogP contribution in [-0.2, 0) is 4.74 Å². The van der Waals surface area contributed by atoms with Crippen LogP contribution in [0.4, 0.5) is 4.39 Å². The van der Waals surface area contributed by atoms with Crippen LogP contribution in [0.5, 0.6) is 5.75 Å². The number of carbonyl (C=O) groups excluding carboxylic acids is 2. The van der Waals surface area contributed by atoms with E-state index >= 15 is 0 Å². The highest BCUT2D eigenvalue weighted by atomic mass is 19.1. The Morgan fingerprint density at radius 3 is 2.45 bits per heavy atom. The number of aryl methyl sites for hydroxylation is 1. The van der Waals surface area contributed by atoms with Crippen LogP contribution in [0.1, 0.15) is 39.1 Å². The van der Waals surface area contributed by atoms with Gasteiger partial charge in [0.1, 0.15) is 18.2 Å². The second-order valence-corrected chi connectivity index (χ2v) is 8.00. The highest BCUT2D eigenvalue weighted by molar-refractivity contribution is 5.95. The lowest BCUT2D eigenvalue weighted by atomic mass is 10.1. The maximum Gasteiger partial charge on any atom is 0.254 e. The summed E-state index contributed by atoms with van der Waals surface area (Å²) >= 11 is 0. The molecule has 1 atom stereocenters. The van der Waals surface area contributed by atoms with Crippen LogP contribution in [-0.4, -0.2) is 67.1 Å². The molecule has 6 nitrogen and oxygen atoms in total. The van der Waals surface area contributed by atoms with Crippen molar-refractivity contribution in [1.29, 1.82) is 0 Å². The van der Waals surface area contributed by atoms with Crippen molar-refractivity contribution < 1.29 is 23.5 Å². The summed E-state index contributed by atoms with van der Waals surface area (Å²) in [7, 11) is 0. The van der Waals surface area contributed by atoms with Crippen molar-refractivity contribution in [3.63, 3.8) is 0 Å². The molecular weight excluding hydrogens is 399 g/mol. The number of hydrogen-bond donors (Lipinski definition) is 0. The standard InChI is InChI=1S/C24H27FN2O4/c1-17-4-5-19(15-22(17)25)24(29)27-10-2-3-20(27)16-31-21-8-6-18(7-9-21)23(28)26-11-13-30-14-12-26/h4-9,15,20H,2-3,10-14,16H2,1H3/t20-/m0/s1. The van der Waals surface area contributed by atoms with Gasteiger partial charge in [-0.05, 0) is 61.7 Å². The summed E-state index contributed by atoms with van der Waals surface area (Å²) in [6, 6.07) is 11.6. The summed E-state index contributed by atoms with van der Waals surface area (Å²) in [6.07, 6.45) is 1.73. The van der Waals surface area contributed by atoms with E-state index in [1.54, 1.807) is 53.1 Å². The molecule has 2 aromatic rings. The largest absolute Gasteiger partial charge is 0.491 e. The molecule has 0 radical (unpaired) electrons.